The highest BCUT2D eigenvalue weighted by molar-refractivity contribution is 7.22. The fraction of sp³-hybridized carbons (Fsp3) is 0.400. The second-order valence-corrected chi connectivity index (χ2v) is 18.3. The van der Waals surface area contributed by atoms with E-state index in [1.165, 1.54) is 30.6 Å². The molecule has 9 nitrogen and oxygen atoms in total. The molecule has 5 aliphatic rings. The molecular formula is C45H47N5O4S. The van der Waals surface area contributed by atoms with Crippen LogP contribution in [0.3, 0.4) is 0 Å². The average molecular weight is 754 g/mol. The van der Waals surface area contributed by atoms with Crippen molar-refractivity contribution in [2.75, 3.05) is 22.1 Å². The molecule has 0 spiro atoms. The summed E-state index contributed by atoms with van der Waals surface area (Å²) in [5.74, 6) is 2.07. The molecule has 0 saturated heterocycles. The van der Waals surface area contributed by atoms with Gasteiger partial charge in [0.05, 0.1) is 15.6 Å². The number of rotatable bonds is 7. The van der Waals surface area contributed by atoms with Crippen LogP contribution in [0.2, 0.25) is 0 Å². The fourth-order valence-corrected chi connectivity index (χ4v) is 11.0. The number of carbonyl (C=O) groups is 3. The van der Waals surface area contributed by atoms with Crippen LogP contribution in [0.25, 0.3) is 21.3 Å². The second kappa shape index (κ2) is 13.6. The van der Waals surface area contributed by atoms with Crippen molar-refractivity contribution in [2.24, 2.45) is 23.2 Å². The first-order valence-electron chi connectivity index (χ1n) is 19.6. The summed E-state index contributed by atoms with van der Waals surface area (Å²) in [6.07, 6.45) is 7.54. The minimum absolute atomic E-state index is 0.145. The summed E-state index contributed by atoms with van der Waals surface area (Å²) in [4.78, 5) is 53.5. The zero-order valence-corrected chi connectivity index (χ0v) is 32.7. The maximum atomic E-state index is 14.1. The van der Waals surface area contributed by atoms with Gasteiger partial charge in [0.25, 0.3) is 5.91 Å². The molecule has 4 saturated carbocycles. The Labute approximate surface area is 325 Å². The van der Waals surface area contributed by atoms with Crippen LogP contribution in [0.5, 0.6) is 0 Å². The van der Waals surface area contributed by atoms with Gasteiger partial charge >= 0.3 is 5.97 Å². The molecule has 0 radical (unpaired) electrons. The minimum Gasteiger partial charge on any atom is -0.455 e. The standard InChI is InChI=1S/C45H47N5O4S/c1-26-31(10-8-13-35(26)46-42(53)45-22-27-19-28(23-45)21-29(20-27)24-45)32-15-16-38(48-39(32)41(52)54-44(2,3)4)50-18-17-30-9-7-11-33(34(30)25-50)40(51)49-43-47-36-12-5-6-14-37(36)55-43/h5-16,27-29H,17-25H2,1-4H3,(H,46,53)(H,47,49,51). The van der Waals surface area contributed by atoms with Gasteiger partial charge in [-0.1, -0.05) is 47.7 Å². The molecule has 4 fully saturated rings. The number of pyridine rings is 1. The van der Waals surface area contributed by atoms with Gasteiger partial charge in [0, 0.05) is 29.9 Å². The van der Waals surface area contributed by atoms with Crippen molar-refractivity contribution in [2.45, 2.75) is 84.8 Å². The number of benzene rings is 3. The molecule has 10 rings (SSSR count). The lowest BCUT2D eigenvalue weighted by atomic mass is 9.49. The zero-order valence-electron chi connectivity index (χ0n) is 31.9. The van der Waals surface area contributed by atoms with E-state index < -0.39 is 11.6 Å². The largest absolute Gasteiger partial charge is 0.455 e. The van der Waals surface area contributed by atoms with Crippen molar-refractivity contribution in [1.29, 1.82) is 0 Å². The Balaban J connectivity index is 1.01. The van der Waals surface area contributed by atoms with Crippen LogP contribution in [-0.4, -0.2) is 39.9 Å². The number of nitrogens with zero attached hydrogens (tertiary/aromatic N) is 3. The molecule has 2 amide bonds. The highest BCUT2D eigenvalue weighted by atomic mass is 32.1. The molecule has 5 aromatic rings. The van der Waals surface area contributed by atoms with Gasteiger partial charge in [0.1, 0.15) is 11.4 Å². The van der Waals surface area contributed by atoms with Crippen LogP contribution in [0, 0.1) is 30.1 Å². The van der Waals surface area contributed by atoms with Gasteiger partial charge in [-0.2, -0.15) is 0 Å². The Hall–Kier alpha value is -5.09. The normalized spacial score (nSPS) is 22.7. The van der Waals surface area contributed by atoms with Crippen LogP contribution in [0.4, 0.5) is 16.6 Å². The topological polar surface area (TPSA) is 114 Å². The third-order valence-electron chi connectivity index (χ3n) is 12.2. The van der Waals surface area contributed by atoms with Crippen LogP contribution in [0.1, 0.15) is 96.8 Å². The average Bonchev–Trinajstić information content (AvgIpc) is 3.56. The molecule has 1 aliphatic heterocycles. The van der Waals surface area contributed by atoms with Crippen molar-refractivity contribution in [3.05, 3.63) is 101 Å². The molecule has 10 heteroatoms. The van der Waals surface area contributed by atoms with Gasteiger partial charge in [-0.3, -0.25) is 14.9 Å². The van der Waals surface area contributed by atoms with E-state index in [0.717, 1.165) is 57.4 Å². The number of carbonyl (C=O) groups excluding carboxylic acids is 3. The SMILES string of the molecule is Cc1c(NC(=O)C23CC4CC(CC(C4)C2)C3)cccc1-c1ccc(N2CCc3cccc(C(=O)Nc4nc5ccccc5s4)c3C2)nc1C(=O)OC(C)(C)C. The van der Waals surface area contributed by atoms with Gasteiger partial charge in [-0.25, -0.2) is 14.8 Å². The number of ether oxygens (including phenoxy) is 1. The highest BCUT2D eigenvalue weighted by Gasteiger charge is 2.54. The predicted octanol–water partition coefficient (Wildman–Crippen LogP) is 9.59. The summed E-state index contributed by atoms with van der Waals surface area (Å²) >= 11 is 1.45. The Morgan fingerprint density at radius 1 is 0.836 bits per heavy atom. The van der Waals surface area contributed by atoms with Crippen LogP contribution in [0.15, 0.2) is 72.8 Å². The summed E-state index contributed by atoms with van der Waals surface area (Å²) in [6, 6.07) is 23.4. The first-order chi connectivity index (χ1) is 26.4. The van der Waals surface area contributed by atoms with Gasteiger partial charge < -0.3 is 15.0 Å². The number of hydrogen-bond acceptors (Lipinski definition) is 8. The van der Waals surface area contributed by atoms with Gasteiger partial charge in [-0.05, 0) is 149 Å². The Morgan fingerprint density at radius 3 is 2.29 bits per heavy atom. The molecule has 4 bridgehead atoms. The first-order valence-corrected chi connectivity index (χ1v) is 20.4. The third kappa shape index (κ3) is 6.79. The number of thiazole rings is 1. The number of para-hydroxylation sites is 1. The summed E-state index contributed by atoms with van der Waals surface area (Å²) in [6.45, 7) is 8.67. The van der Waals surface area contributed by atoms with Crippen LogP contribution in [-0.2, 0) is 22.5 Å². The van der Waals surface area contributed by atoms with E-state index >= 15 is 0 Å². The molecule has 4 aliphatic carbocycles. The van der Waals surface area contributed by atoms with Crippen molar-refractivity contribution in [3.8, 4) is 11.1 Å². The summed E-state index contributed by atoms with van der Waals surface area (Å²) in [5.41, 5.74) is 5.81. The summed E-state index contributed by atoms with van der Waals surface area (Å²) in [5, 5.41) is 6.94. The molecule has 0 unspecified atom stereocenters. The lowest BCUT2D eigenvalue weighted by Gasteiger charge is -2.55. The summed E-state index contributed by atoms with van der Waals surface area (Å²) < 4.78 is 6.95. The zero-order chi connectivity index (χ0) is 38.1. The number of aromatic nitrogens is 2. The van der Waals surface area contributed by atoms with Crippen molar-refractivity contribution in [3.63, 3.8) is 0 Å². The molecule has 2 aromatic heterocycles. The third-order valence-corrected chi connectivity index (χ3v) is 13.2. The van der Waals surface area contributed by atoms with Gasteiger partial charge in [0.15, 0.2) is 10.8 Å². The second-order valence-electron chi connectivity index (χ2n) is 17.3. The molecule has 2 N–H and O–H groups in total. The maximum Gasteiger partial charge on any atom is 0.358 e. The number of fused-ring (bicyclic) bond motifs is 2. The number of hydrogen-bond donors (Lipinski definition) is 2. The Bertz CT molecular complexity index is 2290. The minimum atomic E-state index is -0.732. The lowest BCUT2D eigenvalue weighted by molar-refractivity contribution is -0.140. The fourth-order valence-electron chi connectivity index (χ4n) is 10.1. The molecule has 3 aromatic carbocycles. The van der Waals surface area contributed by atoms with Crippen molar-refractivity contribution >= 4 is 56.0 Å². The van der Waals surface area contributed by atoms with Crippen LogP contribution < -0.4 is 15.5 Å². The molecule has 282 valence electrons. The van der Waals surface area contributed by atoms with E-state index in [9.17, 15) is 14.4 Å². The molecule has 3 heterocycles. The van der Waals surface area contributed by atoms with E-state index in [4.69, 9.17) is 9.72 Å². The predicted molar refractivity (Wildman–Crippen MR) is 218 cm³/mol. The lowest BCUT2D eigenvalue weighted by Crippen LogP contribution is -2.51. The molecular weight excluding hydrogens is 707 g/mol. The number of amides is 2. The maximum absolute atomic E-state index is 14.1. The van der Waals surface area contributed by atoms with Crippen molar-refractivity contribution < 1.29 is 19.1 Å². The number of anilines is 3. The van der Waals surface area contributed by atoms with E-state index in [-0.39, 0.29) is 22.9 Å². The van der Waals surface area contributed by atoms with E-state index in [0.29, 0.717) is 59.3 Å². The van der Waals surface area contributed by atoms with Gasteiger partial charge in [-0.15, -0.1) is 0 Å². The van der Waals surface area contributed by atoms with Gasteiger partial charge in [0.2, 0.25) is 5.91 Å². The number of nitrogens with one attached hydrogen (secondary N) is 2. The monoisotopic (exact) mass is 753 g/mol. The number of esters is 1. The van der Waals surface area contributed by atoms with Crippen LogP contribution >= 0.6 is 11.3 Å². The summed E-state index contributed by atoms with van der Waals surface area (Å²) in [7, 11) is 0. The Morgan fingerprint density at radius 2 is 1.56 bits per heavy atom. The highest BCUT2D eigenvalue weighted by Crippen LogP contribution is 2.60. The van der Waals surface area contributed by atoms with E-state index in [1.54, 1.807) is 0 Å². The first kappa shape index (κ1) is 35.6. The molecule has 0 atom stereocenters. The quantitative estimate of drug-likeness (QED) is 0.159. The van der Waals surface area contributed by atoms with Crippen molar-refractivity contribution in [1.82, 2.24) is 9.97 Å². The van der Waals surface area contributed by atoms with E-state index in [2.05, 4.69) is 26.6 Å². The molecule has 55 heavy (non-hydrogen) atoms. The smallest absolute Gasteiger partial charge is 0.358 e. The Kier molecular flexibility index (Phi) is 8.79. The van der Waals surface area contributed by atoms with E-state index in [1.807, 2.05) is 94.4 Å².